The molecule has 0 unspecified atom stereocenters. The van der Waals surface area contributed by atoms with Gasteiger partial charge < -0.3 is 0 Å². The van der Waals surface area contributed by atoms with Crippen LogP contribution in [0.3, 0.4) is 0 Å². The lowest BCUT2D eigenvalue weighted by Gasteiger charge is -2.10. The number of nitrogens with zero attached hydrogens (tertiary/aromatic N) is 1. The summed E-state index contributed by atoms with van der Waals surface area (Å²) in [6, 6.07) is 21.4. The number of para-hydroxylation sites is 1. The van der Waals surface area contributed by atoms with Gasteiger partial charge in [-0.3, -0.25) is 14.1 Å². The van der Waals surface area contributed by atoms with Crippen molar-refractivity contribution >= 4 is 53.2 Å². The van der Waals surface area contributed by atoms with E-state index in [9.17, 15) is 13.2 Å². The smallest absolute Gasteiger partial charge is 0.294 e. The molecule has 1 N–H and O–H groups in total. The van der Waals surface area contributed by atoms with E-state index in [2.05, 4.69) is 20.7 Å². The minimum absolute atomic E-state index is 0.115. The Bertz CT molecular complexity index is 1310. The van der Waals surface area contributed by atoms with Crippen molar-refractivity contribution in [1.29, 1.82) is 0 Å². The molecule has 0 aliphatic carbocycles. The van der Waals surface area contributed by atoms with E-state index in [-0.39, 0.29) is 9.77 Å². The number of halogens is 1. The number of hydrogen-bond acceptors (Lipinski definition) is 4. The molecule has 0 saturated heterocycles. The summed E-state index contributed by atoms with van der Waals surface area (Å²) in [5, 5.41) is 0. The fourth-order valence-electron chi connectivity index (χ4n) is 2.88. The lowest BCUT2D eigenvalue weighted by Crippen LogP contribution is -2.14. The summed E-state index contributed by atoms with van der Waals surface area (Å²) in [4.78, 5) is 12.4. The number of nitrogens with one attached hydrogen (secondary N) is 1. The Labute approximate surface area is 174 Å². The average Bonchev–Trinajstić information content (AvgIpc) is 2.99. The van der Waals surface area contributed by atoms with Crippen molar-refractivity contribution in [2.45, 2.75) is 11.4 Å². The number of sulfonamides is 1. The van der Waals surface area contributed by atoms with Gasteiger partial charge in [0.25, 0.3) is 10.0 Å². The molecule has 0 atom stereocenters. The van der Waals surface area contributed by atoms with Crippen LogP contribution in [0, 0.1) is 0 Å². The third-order valence-electron chi connectivity index (χ3n) is 4.25. The number of aromatic nitrogens is 1. The fourth-order valence-corrected chi connectivity index (χ4v) is 5.50. The molecule has 4 aromatic rings. The number of hydrogen-bond donors (Lipinski definition) is 1. The Morgan fingerprint density at radius 1 is 0.964 bits per heavy atom. The second kappa shape index (κ2) is 7.54. The first kappa shape index (κ1) is 18.9. The van der Waals surface area contributed by atoms with Gasteiger partial charge in [-0.2, -0.15) is 0 Å². The van der Waals surface area contributed by atoms with Gasteiger partial charge in [0.1, 0.15) is 0 Å². The van der Waals surface area contributed by atoms with Crippen molar-refractivity contribution in [3.63, 3.8) is 0 Å². The van der Waals surface area contributed by atoms with E-state index < -0.39 is 10.0 Å². The number of rotatable bonds is 5. The monoisotopic (exact) mass is 474 g/mol. The highest BCUT2D eigenvalue weighted by Gasteiger charge is 2.18. The average molecular weight is 475 g/mol. The molecule has 1 heterocycles. The van der Waals surface area contributed by atoms with Gasteiger partial charge in [-0.15, -0.1) is 0 Å². The number of fused-ring (bicyclic) bond motifs is 1. The molecular formula is C20H15BrN2O3S2. The zero-order chi connectivity index (χ0) is 19.7. The van der Waals surface area contributed by atoms with E-state index in [0.717, 1.165) is 22.4 Å². The van der Waals surface area contributed by atoms with Crippen molar-refractivity contribution < 1.29 is 8.42 Å². The van der Waals surface area contributed by atoms with Crippen molar-refractivity contribution in [3.8, 4) is 0 Å². The number of thiazole rings is 1. The van der Waals surface area contributed by atoms with E-state index in [0.29, 0.717) is 21.4 Å². The Morgan fingerprint density at radius 3 is 2.43 bits per heavy atom. The quantitative estimate of drug-likeness (QED) is 0.456. The third-order valence-corrected chi connectivity index (χ3v) is 7.25. The van der Waals surface area contributed by atoms with Gasteiger partial charge in [-0.1, -0.05) is 53.8 Å². The lowest BCUT2D eigenvalue weighted by molar-refractivity contribution is 0.601. The van der Waals surface area contributed by atoms with E-state index >= 15 is 0 Å². The molecule has 3 aromatic carbocycles. The SMILES string of the molecule is O=c1sc2cc(S(=O)(=O)Nc3ccccc3Br)ccc2n1Cc1ccccc1. The molecule has 28 heavy (non-hydrogen) atoms. The minimum atomic E-state index is -3.77. The van der Waals surface area contributed by atoms with Crippen molar-refractivity contribution in [3.05, 3.63) is 92.5 Å². The molecule has 4 rings (SSSR count). The van der Waals surface area contributed by atoms with Crippen LogP contribution >= 0.6 is 27.3 Å². The highest BCUT2D eigenvalue weighted by molar-refractivity contribution is 9.10. The van der Waals surface area contributed by atoms with Crippen LogP contribution < -0.4 is 9.60 Å². The Hall–Kier alpha value is -2.42. The molecule has 1 aromatic heterocycles. The van der Waals surface area contributed by atoms with Crippen LogP contribution in [-0.2, 0) is 16.6 Å². The van der Waals surface area contributed by atoms with Crippen LogP contribution in [0.1, 0.15) is 5.56 Å². The summed E-state index contributed by atoms with van der Waals surface area (Å²) in [6.45, 7) is 0.445. The summed E-state index contributed by atoms with van der Waals surface area (Å²) >= 11 is 4.38. The predicted molar refractivity (Wildman–Crippen MR) is 117 cm³/mol. The van der Waals surface area contributed by atoms with Gasteiger partial charge in [0.05, 0.1) is 27.3 Å². The second-order valence-corrected chi connectivity index (χ2v) is 9.68. The first-order chi connectivity index (χ1) is 13.4. The fraction of sp³-hybridized carbons (Fsp3) is 0.0500. The summed E-state index contributed by atoms with van der Waals surface area (Å²) in [7, 11) is -3.77. The van der Waals surface area contributed by atoms with Crippen LogP contribution in [-0.4, -0.2) is 13.0 Å². The molecule has 0 radical (unpaired) electrons. The number of benzene rings is 3. The van der Waals surface area contributed by atoms with Crippen molar-refractivity contribution in [2.75, 3.05) is 4.72 Å². The highest BCUT2D eigenvalue weighted by Crippen LogP contribution is 2.27. The summed E-state index contributed by atoms with van der Waals surface area (Å²) in [5.74, 6) is 0. The van der Waals surface area contributed by atoms with Crippen molar-refractivity contribution in [1.82, 2.24) is 4.57 Å². The van der Waals surface area contributed by atoms with E-state index in [1.54, 1.807) is 41.0 Å². The largest absolute Gasteiger partial charge is 0.308 e. The predicted octanol–water partition coefficient (Wildman–Crippen LogP) is 4.67. The van der Waals surface area contributed by atoms with Gasteiger partial charge in [0.15, 0.2) is 0 Å². The van der Waals surface area contributed by atoms with Gasteiger partial charge in [-0.25, -0.2) is 8.42 Å². The maximum Gasteiger partial charge on any atom is 0.308 e. The molecule has 0 aliphatic heterocycles. The molecule has 8 heteroatoms. The molecule has 0 aliphatic rings. The van der Waals surface area contributed by atoms with Crippen molar-refractivity contribution in [2.24, 2.45) is 0 Å². The zero-order valence-electron chi connectivity index (χ0n) is 14.5. The minimum Gasteiger partial charge on any atom is -0.294 e. The van der Waals surface area contributed by atoms with Gasteiger partial charge in [-0.05, 0) is 51.8 Å². The highest BCUT2D eigenvalue weighted by atomic mass is 79.9. The van der Waals surface area contributed by atoms with Crippen LogP contribution in [0.15, 0.2) is 87.0 Å². The molecule has 0 amide bonds. The first-order valence-electron chi connectivity index (χ1n) is 8.39. The maximum absolute atomic E-state index is 12.8. The topological polar surface area (TPSA) is 68.2 Å². The summed E-state index contributed by atoms with van der Waals surface area (Å²) < 4.78 is 31.1. The van der Waals surface area contributed by atoms with E-state index in [1.807, 2.05) is 30.3 Å². The zero-order valence-corrected chi connectivity index (χ0v) is 17.7. The summed E-state index contributed by atoms with van der Waals surface area (Å²) in [5.41, 5.74) is 2.19. The van der Waals surface area contributed by atoms with Crippen LogP contribution in [0.2, 0.25) is 0 Å². The maximum atomic E-state index is 12.8. The molecule has 0 bridgehead atoms. The molecule has 0 fully saturated rings. The van der Waals surface area contributed by atoms with Gasteiger partial charge in [0.2, 0.25) is 0 Å². The molecule has 0 saturated carbocycles. The van der Waals surface area contributed by atoms with E-state index in [1.165, 1.54) is 6.07 Å². The Balaban J connectivity index is 1.71. The van der Waals surface area contributed by atoms with Gasteiger partial charge >= 0.3 is 4.87 Å². The van der Waals surface area contributed by atoms with Gasteiger partial charge in [0, 0.05) is 4.47 Å². The third kappa shape index (κ3) is 3.76. The van der Waals surface area contributed by atoms with Crippen LogP contribution in [0.5, 0.6) is 0 Å². The molecule has 5 nitrogen and oxygen atoms in total. The molecule has 0 spiro atoms. The summed E-state index contributed by atoms with van der Waals surface area (Å²) in [6.07, 6.45) is 0. The second-order valence-electron chi connectivity index (χ2n) is 6.15. The number of anilines is 1. The van der Waals surface area contributed by atoms with Crippen LogP contribution in [0.25, 0.3) is 10.2 Å². The normalized spacial score (nSPS) is 11.6. The van der Waals surface area contributed by atoms with Crippen LogP contribution in [0.4, 0.5) is 5.69 Å². The molecular weight excluding hydrogens is 460 g/mol. The standard InChI is InChI=1S/C20H15BrN2O3S2/c21-16-8-4-5-9-17(16)22-28(25,26)15-10-11-18-19(12-15)27-20(24)23(18)13-14-6-2-1-3-7-14/h1-12,22H,13H2. The Morgan fingerprint density at radius 2 is 1.68 bits per heavy atom. The first-order valence-corrected chi connectivity index (χ1v) is 11.5. The molecule has 142 valence electrons. The lowest BCUT2D eigenvalue weighted by atomic mass is 10.2. The Kier molecular flexibility index (Phi) is 5.09. The van der Waals surface area contributed by atoms with E-state index in [4.69, 9.17) is 0 Å².